The Morgan fingerprint density at radius 1 is 1.03 bits per heavy atom. The molecule has 2 N–H and O–H groups in total. The standard InChI is InChI=1S/C26H30N8/c1-17-10-21(18-8-9-34-25(11-18)22(14-30-34)19-12-29-33(2)16-19)23-13-28-26(32-24(23)15-27-17)31-20-6-4-3-5-7-20/h8-14,16-17,20,27H,3-7,15H2,1-2H3,(H,28,31,32)/t17-/m1/s1. The molecule has 0 spiro atoms. The molecule has 1 aliphatic carbocycles. The summed E-state index contributed by atoms with van der Waals surface area (Å²) in [5, 5.41) is 16.0. The zero-order valence-electron chi connectivity index (χ0n) is 19.7. The van der Waals surface area contributed by atoms with E-state index in [1.54, 1.807) is 0 Å². The summed E-state index contributed by atoms with van der Waals surface area (Å²) < 4.78 is 3.73. The van der Waals surface area contributed by atoms with Gasteiger partial charge in [0.05, 0.1) is 23.6 Å². The fourth-order valence-electron chi connectivity index (χ4n) is 5.11. The molecule has 174 valence electrons. The van der Waals surface area contributed by atoms with Gasteiger partial charge >= 0.3 is 0 Å². The summed E-state index contributed by atoms with van der Waals surface area (Å²) in [6.45, 7) is 2.90. The second-order valence-corrected chi connectivity index (χ2v) is 9.49. The monoisotopic (exact) mass is 454 g/mol. The predicted octanol–water partition coefficient (Wildman–Crippen LogP) is 4.19. The van der Waals surface area contributed by atoms with Crippen LogP contribution in [-0.2, 0) is 13.6 Å². The summed E-state index contributed by atoms with van der Waals surface area (Å²) in [5.74, 6) is 0.742. The van der Waals surface area contributed by atoms with E-state index in [0.29, 0.717) is 12.6 Å². The topological polar surface area (TPSA) is 85.0 Å². The Hall–Kier alpha value is -3.52. The third-order valence-electron chi connectivity index (χ3n) is 6.95. The maximum Gasteiger partial charge on any atom is 0.223 e. The maximum absolute atomic E-state index is 4.94. The maximum atomic E-state index is 4.94. The summed E-state index contributed by atoms with van der Waals surface area (Å²) in [4.78, 5) is 9.67. The van der Waals surface area contributed by atoms with Crippen LogP contribution in [0.5, 0.6) is 0 Å². The minimum absolute atomic E-state index is 0.220. The lowest BCUT2D eigenvalue weighted by Gasteiger charge is -2.23. The van der Waals surface area contributed by atoms with E-state index in [1.165, 1.54) is 32.1 Å². The average Bonchev–Trinajstić information content (AvgIpc) is 3.43. The van der Waals surface area contributed by atoms with Crippen LogP contribution < -0.4 is 10.6 Å². The molecular weight excluding hydrogens is 424 g/mol. The SMILES string of the molecule is C[C@@H]1C=C(c2ccn3ncc(-c4cnn(C)c4)c3c2)c2cnc(NC3CCCCC3)nc2CN1. The molecule has 6 rings (SSSR count). The van der Waals surface area contributed by atoms with E-state index in [2.05, 4.69) is 46.0 Å². The van der Waals surface area contributed by atoms with Gasteiger partial charge in [-0.25, -0.2) is 14.5 Å². The van der Waals surface area contributed by atoms with Crippen molar-refractivity contribution in [1.82, 2.24) is 34.7 Å². The van der Waals surface area contributed by atoms with Gasteiger partial charge in [-0.2, -0.15) is 10.2 Å². The van der Waals surface area contributed by atoms with Gasteiger partial charge in [-0.05, 0) is 43.0 Å². The molecule has 5 heterocycles. The molecule has 8 heteroatoms. The lowest BCUT2D eigenvalue weighted by atomic mass is 9.95. The zero-order chi connectivity index (χ0) is 23.1. The van der Waals surface area contributed by atoms with Crippen LogP contribution in [0.1, 0.15) is 55.8 Å². The Balaban J connectivity index is 1.38. The highest BCUT2D eigenvalue weighted by Gasteiger charge is 2.21. The Morgan fingerprint density at radius 2 is 1.91 bits per heavy atom. The number of hydrogen-bond donors (Lipinski definition) is 2. The summed E-state index contributed by atoms with van der Waals surface area (Å²) >= 11 is 0. The minimum Gasteiger partial charge on any atom is -0.351 e. The van der Waals surface area contributed by atoms with Gasteiger partial charge in [-0.1, -0.05) is 25.3 Å². The number of rotatable bonds is 4. The fourth-order valence-corrected chi connectivity index (χ4v) is 5.11. The second kappa shape index (κ2) is 8.68. The first-order valence-corrected chi connectivity index (χ1v) is 12.2. The van der Waals surface area contributed by atoms with E-state index in [1.807, 2.05) is 47.2 Å². The number of aromatic nitrogens is 6. The Kier molecular flexibility index (Phi) is 5.37. The third-order valence-corrected chi connectivity index (χ3v) is 6.95. The predicted molar refractivity (Wildman–Crippen MR) is 133 cm³/mol. The van der Waals surface area contributed by atoms with Gasteiger partial charge in [0.1, 0.15) is 0 Å². The molecule has 8 nitrogen and oxygen atoms in total. The first kappa shape index (κ1) is 21.0. The molecule has 4 aromatic heterocycles. The molecule has 0 radical (unpaired) electrons. The van der Waals surface area contributed by atoms with E-state index >= 15 is 0 Å². The largest absolute Gasteiger partial charge is 0.351 e. The Bertz CT molecular complexity index is 1360. The van der Waals surface area contributed by atoms with Gasteiger partial charge in [0, 0.05) is 61.0 Å². The second-order valence-electron chi connectivity index (χ2n) is 9.49. The molecule has 1 fully saturated rings. The van der Waals surface area contributed by atoms with Crippen LogP contribution in [0.4, 0.5) is 5.95 Å². The van der Waals surface area contributed by atoms with Crippen LogP contribution in [0.2, 0.25) is 0 Å². The van der Waals surface area contributed by atoms with Gasteiger partial charge in [0.25, 0.3) is 0 Å². The molecule has 34 heavy (non-hydrogen) atoms. The van der Waals surface area contributed by atoms with Crippen molar-refractivity contribution in [1.29, 1.82) is 0 Å². The number of nitrogens with one attached hydrogen (secondary N) is 2. The molecule has 1 saturated carbocycles. The molecular formula is C26H30N8. The van der Waals surface area contributed by atoms with Crippen molar-refractivity contribution in [3.8, 4) is 11.1 Å². The van der Waals surface area contributed by atoms with Crippen molar-refractivity contribution in [2.24, 2.45) is 7.05 Å². The van der Waals surface area contributed by atoms with E-state index in [4.69, 9.17) is 9.97 Å². The molecule has 0 amide bonds. The van der Waals surface area contributed by atoms with Crippen LogP contribution in [0, 0.1) is 0 Å². The summed E-state index contributed by atoms with van der Waals surface area (Å²) in [7, 11) is 1.93. The highest BCUT2D eigenvalue weighted by atomic mass is 15.2. The number of pyridine rings is 1. The van der Waals surface area contributed by atoms with Gasteiger partial charge < -0.3 is 10.6 Å². The highest BCUT2D eigenvalue weighted by Crippen LogP contribution is 2.32. The number of anilines is 1. The molecule has 0 bridgehead atoms. The van der Waals surface area contributed by atoms with E-state index < -0.39 is 0 Å². The fraction of sp³-hybridized carbons (Fsp3) is 0.385. The van der Waals surface area contributed by atoms with Gasteiger partial charge in [0.2, 0.25) is 5.95 Å². The lowest BCUT2D eigenvalue weighted by Crippen LogP contribution is -2.25. The number of nitrogens with zero attached hydrogens (tertiary/aromatic N) is 6. The number of fused-ring (bicyclic) bond motifs is 2. The van der Waals surface area contributed by atoms with Crippen LogP contribution >= 0.6 is 0 Å². The average molecular weight is 455 g/mol. The van der Waals surface area contributed by atoms with Gasteiger partial charge in [0.15, 0.2) is 0 Å². The summed E-state index contributed by atoms with van der Waals surface area (Å²) in [5.41, 5.74) is 7.57. The first-order chi connectivity index (χ1) is 16.6. The van der Waals surface area contributed by atoms with Crippen molar-refractivity contribution in [3.05, 3.63) is 66.0 Å². The van der Waals surface area contributed by atoms with Crippen molar-refractivity contribution in [3.63, 3.8) is 0 Å². The lowest BCUT2D eigenvalue weighted by molar-refractivity contribution is 0.460. The Morgan fingerprint density at radius 3 is 2.74 bits per heavy atom. The van der Waals surface area contributed by atoms with Gasteiger partial charge in [-0.3, -0.25) is 4.68 Å². The normalized spacial score (nSPS) is 19.0. The molecule has 0 aromatic carbocycles. The third kappa shape index (κ3) is 3.98. The zero-order valence-corrected chi connectivity index (χ0v) is 19.7. The molecule has 2 aliphatic rings. The molecule has 1 aliphatic heterocycles. The van der Waals surface area contributed by atoms with Crippen LogP contribution in [0.15, 0.2) is 49.2 Å². The number of aryl methyl sites for hydroxylation is 1. The van der Waals surface area contributed by atoms with Crippen molar-refractivity contribution < 1.29 is 0 Å². The molecule has 4 aromatic rings. The van der Waals surface area contributed by atoms with E-state index in [-0.39, 0.29) is 6.04 Å². The molecule has 1 atom stereocenters. The molecule has 0 saturated heterocycles. The van der Waals surface area contributed by atoms with Crippen LogP contribution in [0.25, 0.3) is 22.2 Å². The summed E-state index contributed by atoms with van der Waals surface area (Å²) in [6, 6.07) is 5.03. The Labute approximate surface area is 199 Å². The van der Waals surface area contributed by atoms with E-state index in [9.17, 15) is 0 Å². The molecule has 0 unspecified atom stereocenters. The highest BCUT2D eigenvalue weighted by molar-refractivity contribution is 5.86. The van der Waals surface area contributed by atoms with Gasteiger partial charge in [-0.15, -0.1) is 0 Å². The van der Waals surface area contributed by atoms with Crippen molar-refractivity contribution in [2.45, 2.75) is 57.7 Å². The van der Waals surface area contributed by atoms with Crippen LogP contribution in [-0.4, -0.2) is 41.4 Å². The van der Waals surface area contributed by atoms with Crippen LogP contribution in [0.3, 0.4) is 0 Å². The first-order valence-electron chi connectivity index (χ1n) is 12.2. The number of hydrogen-bond acceptors (Lipinski definition) is 6. The van der Waals surface area contributed by atoms with Crippen molar-refractivity contribution in [2.75, 3.05) is 5.32 Å². The quantitative estimate of drug-likeness (QED) is 0.481. The smallest absolute Gasteiger partial charge is 0.223 e. The minimum atomic E-state index is 0.220. The van der Waals surface area contributed by atoms with Crippen molar-refractivity contribution >= 4 is 17.0 Å². The summed E-state index contributed by atoms with van der Waals surface area (Å²) in [6.07, 6.45) is 18.4. The van der Waals surface area contributed by atoms with E-state index in [0.717, 1.165) is 45.0 Å².